The molecular formula is C21H25NO2. The van der Waals surface area contributed by atoms with E-state index in [2.05, 4.69) is 17.4 Å². The molecule has 0 radical (unpaired) electrons. The zero-order chi connectivity index (χ0) is 17.2. The topological polar surface area (TPSA) is 38.3 Å². The average Bonchev–Trinajstić information content (AvgIpc) is 2.59. The smallest absolute Gasteiger partial charge is 0.243 e. The van der Waals surface area contributed by atoms with Gasteiger partial charge in [0.05, 0.1) is 6.10 Å². The molecule has 0 aromatic heterocycles. The highest BCUT2D eigenvalue weighted by Crippen LogP contribution is 2.14. The van der Waals surface area contributed by atoms with Gasteiger partial charge in [0.2, 0.25) is 5.91 Å². The van der Waals surface area contributed by atoms with Gasteiger partial charge in [-0.05, 0) is 56.0 Å². The maximum atomic E-state index is 11.8. The number of aryl methyl sites for hydroxylation is 1. The van der Waals surface area contributed by atoms with Gasteiger partial charge in [-0.2, -0.15) is 0 Å². The molecule has 2 aromatic carbocycles. The summed E-state index contributed by atoms with van der Waals surface area (Å²) in [5, 5.41) is 2.91. The van der Waals surface area contributed by atoms with Crippen LogP contribution in [0, 0.1) is 0 Å². The van der Waals surface area contributed by atoms with Crippen molar-refractivity contribution in [1.29, 1.82) is 0 Å². The van der Waals surface area contributed by atoms with E-state index in [0.29, 0.717) is 6.54 Å². The Morgan fingerprint density at radius 1 is 1.08 bits per heavy atom. The van der Waals surface area contributed by atoms with Gasteiger partial charge in [-0.3, -0.25) is 4.79 Å². The number of rotatable bonds is 8. The average molecular weight is 323 g/mol. The van der Waals surface area contributed by atoms with Crippen LogP contribution in [0.25, 0.3) is 6.08 Å². The summed E-state index contributed by atoms with van der Waals surface area (Å²) in [7, 11) is 0. The highest BCUT2D eigenvalue weighted by molar-refractivity contribution is 5.91. The monoisotopic (exact) mass is 323 g/mol. The summed E-state index contributed by atoms with van der Waals surface area (Å²) in [6.07, 6.45) is 5.44. The van der Waals surface area contributed by atoms with Crippen molar-refractivity contribution >= 4 is 12.0 Å². The highest BCUT2D eigenvalue weighted by Gasteiger charge is 1.99. The molecule has 0 atom stereocenters. The van der Waals surface area contributed by atoms with Gasteiger partial charge >= 0.3 is 0 Å². The predicted molar refractivity (Wildman–Crippen MR) is 99.0 cm³/mol. The molecule has 0 aliphatic heterocycles. The van der Waals surface area contributed by atoms with Crippen molar-refractivity contribution in [2.45, 2.75) is 32.8 Å². The first-order valence-electron chi connectivity index (χ1n) is 8.40. The Balaban J connectivity index is 1.67. The minimum absolute atomic E-state index is 0.0560. The van der Waals surface area contributed by atoms with E-state index >= 15 is 0 Å². The number of benzene rings is 2. The van der Waals surface area contributed by atoms with Crippen molar-refractivity contribution in [2.75, 3.05) is 6.54 Å². The van der Waals surface area contributed by atoms with Crippen molar-refractivity contribution in [1.82, 2.24) is 5.32 Å². The van der Waals surface area contributed by atoms with Crippen LogP contribution in [0.5, 0.6) is 5.75 Å². The minimum Gasteiger partial charge on any atom is -0.491 e. The number of carbonyl (C=O) groups is 1. The maximum Gasteiger partial charge on any atom is 0.243 e. The van der Waals surface area contributed by atoms with E-state index in [1.807, 2.05) is 62.4 Å². The van der Waals surface area contributed by atoms with Crippen molar-refractivity contribution in [3.05, 3.63) is 71.8 Å². The maximum absolute atomic E-state index is 11.8. The van der Waals surface area contributed by atoms with Gasteiger partial charge in [0.25, 0.3) is 0 Å². The fourth-order valence-electron chi connectivity index (χ4n) is 2.31. The molecule has 0 unspecified atom stereocenters. The number of hydrogen-bond donors (Lipinski definition) is 1. The van der Waals surface area contributed by atoms with Crippen molar-refractivity contribution in [2.24, 2.45) is 0 Å². The summed E-state index contributed by atoms with van der Waals surface area (Å²) in [5.74, 6) is 0.840. The molecule has 0 fully saturated rings. The molecule has 3 heteroatoms. The van der Waals surface area contributed by atoms with Crippen LogP contribution in [0.4, 0.5) is 0 Å². The van der Waals surface area contributed by atoms with E-state index in [1.165, 1.54) is 5.56 Å². The number of amides is 1. The second-order valence-electron chi connectivity index (χ2n) is 5.95. The van der Waals surface area contributed by atoms with Gasteiger partial charge in [-0.1, -0.05) is 42.5 Å². The lowest BCUT2D eigenvalue weighted by Gasteiger charge is -2.10. The number of nitrogens with one attached hydrogen (secondary N) is 1. The van der Waals surface area contributed by atoms with E-state index in [-0.39, 0.29) is 12.0 Å². The largest absolute Gasteiger partial charge is 0.491 e. The normalized spacial score (nSPS) is 11.0. The molecule has 3 nitrogen and oxygen atoms in total. The quantitative estimate of drug-likeness (QED) is 0.583. The van der Waals surface area contributed by atoms with Crippen LogP contribution >= 0.6 is 0 Å². The standard InChI is InChI=1S/C21H25NO2/c1-17(2)24-20-13-10-19(11-14-20)9-6-16-22-21(23)15-12-18-7-4-3-5-8-18/h3-5,7-8,10-15,17H,6,9,16H2,1-2H3,(H,22,23)/b15-12+. The zero-order valence-corrected chi connectivity index (χ0v) is 14.4. The zero-order valence-electron chi connectivity index (χ0n) is 14.4. The molecule has 0 aliphatic rings. The van der Waals surface area contributed by atoms with E-state index < -0.39 is 0 Å². The first-order chi connectivity index (χ1) is 11.6. The third kappa shape index (κ3) is 6.69. The molecule has 126 valence electrons. The van der Waals surface area contributed by atoms with Gasteiger partial charge in [-0.15, -0.1) is 0 Å². The van der Waals surface area contributed by atoms with Gasteiger partial charge in [0.1, 0.15) is 5.75 Å². The summed E-state index contributed by atoms with van der Waals surface area (Å²) >= 11 is 0. The van der Waals surface area contributed by atoms with Crippen LogP contribution in [-0.2, 0) is 11.2 Å². The summed E-state index contributed by atoms with van der Waals surface area (Å²) in [6.45, 7) is 4.70. The van der Waals surface area contributed by atoms with Crippen LogP contribution < -0.4 is 10.1 Å². The molecule has 2 rings (SSSR count). The number of ether oxygens (including phenoxy) is 1. The highest BCUT2D eigenvalue weighted by atomic mass is 16.5. The lowest BCUT2D eigenvalue weighted by molar-refractivity contribution is -0.116. The molecule has 0 saturated heterocycles. The van der Waals surface area contributed by atoms with Gasteiger partial charge in [-0.25, -0.2) is 0 Å². The SMILES string of the molecule is CC(C)Oc1ccc(CCCNC(=O)/C=C/c2ccccc2)cc1. The Morgan fingerprint density at radius 2 is 1.79 bits per heavy atom. The van der Waals surface area contributed by atoms with E-state index in [0.717, 1.165) is 24.2 Å². The summed E-state index contributed by atoms with van der Waals surface area (Å²) in [6, 6.07) is 18.0. The predicted octanol–water partition coefficient (Wildman–Crippen LogP) is 4.24. The summed E-state index contributed by atoms with van der Waals surface area (Å²) in [4.78, 5) is 11.8. The van der Waals surface area contributed by atoms with Crippen LogP contribution in [0.1, 0.15) is 31.4 Å². The number of hydrogen-bond acceptors (Lipinski definition) is 2. The molecule has 0 bridgehead atoms. The van der Waals surface area contributed by atoms with Gasteiger partial charge < -0.3 is 10.1 Å². The van der Waals surface area contributed by atoms with Crippen LogP contribution in [0.2, 0.25) is 0 Å². The Morgan fingerprint density at radius 3 is 2.46 bits per heavy atom. The molecule has 2 aromatic rings. The van der Waals surface area contributed by atoms with Crippen molar-refractivity contribution in [3.63, 3.8) is 0 Å². The summed E-state index contributed by atoms with van der Waals surface area (Å²) in [5.41, 5.74) is 2.27. The van der Waals surface area contributed by atoms with E-state index in [1.54, 1.807) is 6.08 Å². The Kier molecular flexibility index (Phi) is 7.09. The second-order valence-corrected chi connectivity index (χ2v) is 5.95. The third-order valence-electron chi connectivity index (χ3n) is 3.46. The van der Waals surface area contributed by atoms with Crippen LogP contribution in [-0.4, -0.2) is 18.6 Å². The van der Waals surface area contributed by atoms with Gasteiger partial charge in [0, 0.05) is 12.6 Å². The number of carbonyl (C=O) groups excluding carboxylic acids is 1. The fourth-order valence-corrected chi connectivity index (χ4v) is 2.31. The lowest BCUT2D eigenvalue weighted by atomic mass is 10.1. The fraction of sp³-hybridized carbons (Fsp3) is 0.286. The van der Waals surface area contributed by atoms with Crippen LogP contribution in [0.15, 0.2) is 60.7 Å². The molecule has 24 heavy (non-hydrogen) atoms. The Labute approximate surface area is 144 Å². The first-order valence-corrected chi connectivity index (χ1v) is 8.40. The van der Waals surface area contributed by atoms with Crippen LogP contribution in [0.3, 0.4) is 0 Å². The third-order valence-corrected chi connectivity index (χ3v) is 3.46. The van der Waals surface area contributed by atoms with E-state index in [9.17, 15) is 4.79 Å². The lowest BCUT2D eigenvalue weighted by Crippen LogP contribution is -2.22. The van der Waals surface area contributed by atoms with Gasteiger partial charge in [0.15, 0.2) is 0 Å². The molecular weight excluding hydrogens is 298 g/mol. The Hall–Kier alpha value is -2.55. The Bertz CT molecular complexity index is 645. The molecule has 0 saturated carbocycles. The summed E-state index contributed by atoms with van der Waals surface area (Å²) < 4.78 is 5.63. The van der Waals surface area contributed by atoms with Crippen molar-refractivity contribution in [3.8, 4) is 5.75 Å². The first kappa shape index (κ1) is 17.8. The second kappa shape index (κ2) is 9.56. The molecule has 1 amide bonds. The minimum atomic E-state index is -0.0560. The molecule has 0 heterocycles. The van der Waals surface area contributed by atoms with Crippen molar-refractivity contribution < 1.29 is 9.53 Å². The van der Waals surface area contributed by atoms with E-state index in [4.69, 9.17) is 4.74 Å². The molecule has 0 spiro atoms. The molecule has 1 N–H and O–H groups in total. The molecule has 0 aliphatic carbocycles.